The van der Waals surface area contributed by atoms with Gasteiger partial charge in [-0.25, -0.2) is 0 Å². The molecule has 3 aromatic rings. The Labute approximate surface area is 147 Å². The number of hydrogen-bond donors (Lipinski definition) is 2. The van der Waals surface area contributed by atoms with Crippen molar-refractivity contribution in [2.24, 2.45) is 5.73 Å². The van der Waals surface area contributed by atoms with Crippen LogP contribution in [-0.2, 0) is 0 Å². The van der Waals surface area contributed by atoms with Crippen molar-refractivity contribution < 1.29 is 23.8 Å². The maximum Gasteiger partial charge on any atom is 0.254 e. The average molecular weight is 352 g/mol. The van der Waals surface area contributed by atoms with Crippen LogP contribution in [0.15, 0.2) is 54.6 Å². The minimum atomic E-state index is -0.815. The van der Waals surface area contributed by atoms with Gasteiger partial charge in [-0.15, -0.1) is 0 Å². The number of phenols is 1. The molecule has 0 aliphatic rings. The quantitative estimate of drug-likeness (QED) is 0.542. The Morgan fingerprint density at radius 3 is 2.65 bits per heavy atom. The number of aromatic hydroxyl groups is 1. The Hall–Kier alpha value is -3.74. The highest BCUT2D eigenvalue weighted by Gasteiger charge is 2.14. The Bertz CT molecular complexity index is 1000. The maximum atomic E-state index is 13.4. The summed E-state index contributed by atoms with van der Waals surface area (Å²) in [4.78, 5) is 26.0. The van der Waals surface area contributed by atoms with Crippen molar-refractivity contribution in [1.82, 2.24) is 4.98 Å². The van der Waals surface area contributed by atoms with E-state index in [4.69, 9.17) is 10.5 Å². The number of nitrogens with two attached hydrogens (primary N) is 1. The van der Waals surface area contributed by atoms with Gasteiger partial charge >= 0.3 is 0 Å². The molecule has 6 nitrogen and oxygen atoms in total. The second-order valence-electron chi connectivity index (χ2n) is 5.41. The van der Waals surface area contributed by atoms with E-state index in [1.54, 1.807) is 30.3 Å². The van der Waals surface area contributed by atoms with Crippen molar-refractivity contribution in [1.29, 1.82) is 0 Å². The fourth-order valence-corrected chi connectivity index (χ4v) is 2.40. The minimum Gasteiger partial charge on any atom is -0.508 e. The molecule has 130 valence electrons. The molecule has 0 radical (unpaired) electrons. The summed E-state index contributed by atoms with van der Waals surface area (Å²) in [5.41, 5.74) is 6.72. The van der Waals surface area contributed by atoms with E-state index in [-0.39, 0.29) is 22.9 Å². The normalized spacial score (nSPS) is 10.3. The molecule has 1 aromatic heterocycles. The van der Waals surface area contributed by atoms with E-state index >= 15 is 0 Å². The molecule has 0 saturated carbocycles. The van der Waals surface area contributed by atoms with E-state index in [1.807, 2.05) is 0 Å². The largest absolute Gasteiger partial charge is 0.508 e. The van der Waals surface area contributed by atoms with Gasteiger partial charge in [0, 0.05) is 5.56 Å². The van der Waals surface area contributed by atoms with Crippen molar-refractivity contribution in [3.05, 3.63) is 71.7 Å². The summed E-state index contributed by atoms with van der Waals surface area (Å²) in [5.74, 6) is -1.64. The predicted molar refractivity (Wildman–Crippen MR) is 91.7 cm³/mol. The SMILES string of the molecule is NC(=O)c1ccc(F)nc1Oc1cccc(-c2cc(O)cc(C=O)c2)c1. The summed E-state index contributed by atoms with van der Waals surface area (Å²) in [6.07, 6.45) is 0.624. The highest BCUT2D eigenvalue weighted by atomic mass is 19.1. The van der Waals surface area contributed by atoms with Gasteiger partial charge in [0.25, 0.3) is 5.91 Å². The molecule has 0 fully saturated rings. The van der Waals surface area contributed by atoms with Crippen LogP contribution in [0.25, 0.3) is 11.1 Å². The summed E-state index contributed by atoms with van der Waals surface area (Å²) in [7, 11) is 0. The van der Waals surface area contributed by atoms with E-state index in [0.29, 0.717) is 23.0 Å². The van der Waals surface area contributed by atoms with E-state index in [0.717, 1.165) is 6.07 Å². The molecule has 2 aromatic carbocycles. The second kappa shape index (κ2) is 7.02. The Morgan fingerprint density at radius 1 is 1.12 bits per heavy atom. The summed E-state index contributed by atoms with van der Waals surface area (Å²) in [5, 5.41) is 9.73. The first kappa shape index (κ1) is 17.1. The number of phenolic OH excluding ortho intramolecular Hbond substituents is 1. The van der Waals surface area contributed by atoms with E-state index in [2.05, 4.69) is 4.98 Å². The smallest absolute Gasteiger partial charge is 0.254 e. The zero-order valence-corrected chi connectivity index (χ0v) is 13.3. The van der Waals surface area contributed by atoms with Crippen molar-refractivity contribution in [2.45, 2.75) is 0 Å². The molecule has 7 heteroatoms. The van der Waals surface area contributed by atoms with Crippen molar-refractivity contribution in [2.75, 3.05) is 0 Å². The summed E-state index contributed by atoms with van der Waals surface area (Å²) in [6, 6.07) is 13.2. The number of primary amides is 1. The maximum absolute atomic E-state index is 13.4. The van der Waals surface area contributed by atoms with Gasteiger partial charge in [0.15, 0.2) is 0 Å². The van der Waals surface area contributed by atoms with Gasteiger partial charge in [0.05, 0.1) is 0 Å². The highest BCUT2D eigenvalue weighted by Crippen LogP contribution is 2.30. The molecule has 0 aliphatic carbocycles. The molecule has 1 amide bonds. The number of pyridine rings is 1. The molecule has 3 N–H and O–H groups in total. The van der Waals surface area contributed by atoms with Crippen molar-refractivity contribution >= 4 is 12.2 Å². The number of hydrogen-bond acceptors (Lipinski definition) is 5. The van der Waals surface area contributed by atoms with Crippen LogP contribution in [0.3, 0.4) is 0 Å². The number of aldehydes is 1. The number of rotatable bonds is 5. The highest BCUT2D eigenvalue weighted by molar-refractivity contribution is 5.95. The van der Waals surface area contributed by atoms with Crippen LogP contribution in [0.2, 0.25) is 0 Å². The van der Waals surface area contributed by atoms with Gasteiger partial charge in [-0.3, -0.25) is 9.59 Å². The average Bonchev–Trinajstić information content (AvgIpc) is 2.61. The molecule has 0 atom stereocenters. The third-order valence-corrected chi connectivity index (χ3v) is 3.55. The lowest BCUT2D eigenvalue weighted by molar-refractivity contribution is 0.0997. The zero-order chi connectivity index (χ0) is 18.7. The fraction of sp³-hybridized carbons (Fsp3) is 0. The van der Waals surface area contributed by atoms with Crippen LogP contribution in [-0.4, -0.2) is 22.3 Å². The third-order valence-electron chi connectivity index (χ3n) is 3.55. The summed E-state index contributed by atoms with van der Waals surface area (Å²) >= 11 is 0. The van der Waals surface area contributed by atoms with E-state index < -0.39 is 11.9 Å². The van der Waals surface area contributed by atoms with Crippen LogP contribution >= 0.6 is 0 Å². The number of carbonyl (C=O) groups is 2. The number of carbonyl (C=O) groups excluding carboxylic acids is 2. The lowest BCUT2D eigenvalue weighted by atomic mass is 10.0. The van der Waals surface area contributed by atoms with Crippen LogP contribution in [0, 0.1) is 5.95 Å². The molecule has 3 rings (SSSR count). The molecule has 0 aliphatic heterocycles. The molecule has 1 heterocycles. The number of halogens is 1. The van der Waals surface area contributed by atoms with Gasteiger partial charge in [0.2, 0.25) is 11.8 Å². The zero-order valence-electron chi connectivity index (χ0n) is 13.3. The molecule has 0 unspecified atom stereocenters. The Balaban J connectivity index is 1.99. The molecule has 0 saturated heterocycles. The van der Waals surface area contributed by atoms with Crippen LogP contribution < -0.4 is 10.5 Å². The van der Waals surface area contributed by atoms with Gasteiger partial charge in [0.1, 0.15) is 23.3 Å². The first-order valence-corrected chi connectivity index (χ1v) is 7.50. The number of ether oxygens (including phenoxy) is 1. The van der Waals surface area contributed by atoms with Gasteiger partial charge in [-0.05, 0) is 53.6 Å². The van der Waals surface area contributed by atoms with Crippen LogP contribution in [0.4, 0.5) is 4.39 Å². The number of nitrogens with zero attached hydrogens (tertiary/aromatic N) is 1. The summed E-state index contributed by atoms with van der Waals surface area (Å²) in [6.45, 7) is 0. The Morgan fingerprint density at radius 2 is 1.92 bits per heavy atom. The standard InChI is InChI=1S/C19H13FN2O4/c20-17-5-4-16(18(21)25)19(22-17)26-15-3-1-2-12(9-15)13-6-11(10-23)7-14(24)8-13/h1-10,24H,(H2,21,25). The van der Waals surface area contributed by atoms with Crippen LogP contribution in [0.1, 0.15) is 20.7 Å². The molecular formula is C19H13FN2O4. The summed E-state index contributed by atoms with van der Waals surface area (Å²) < 4.78 is 18.9. The Kier molecular flexibility index (Phi) is 4.62. The minimum absolute atomic E-state index is 0.0567. The number of aromatic nitrogens is 1. The van der Waals surface area contributed by atoms with Gasteiger partial charge in [-0.2, -0.15) is 9.37 Å². The molecule has 0 spiro atoms. The topological polar surface area (TPSA) is 103 Å². The number of benzene rings is 2. The number of amides is 1. The first-order valence-electron chi connectivity index (χ1n) is 7.50. The molecular weight excluding hydrogens is 339 g/mol. The second-order valence-corrected chi connectivity index (χ2v) is 5.41. The van der Waals surface area contributed by atoms with Crippen molar-refractivity contribution in [3.63, 3.8) is 0 Å². The third kappa shape index (κ3) is 3.67. The predicted octanol–water partition coefficient (Wildman–Crippen LogP) is 3.30. The fourth-order valence-electron chi connectivity index (χ4n) is 2.40. The monoisotopic (exact) mass is 352 g/mol. The van der Waals surface area contributed by atoms with Crippen molar-refractivity contribution in [3.8, 4) is 28.5 Å². The molecule has 0 bridgehead atoms. The van der Waals surface area contributed by atoms with Crippen LogP contribution in [0.5, 0.6) is 17.4 Å². The lowest BCUT2D eigenvalue weighted by Crippen LogP contribution is -2.13. The first-order chi connectivity index (χ1) is 12.5. The lowest BCUT2D eigenvalue weighted by Gasteiger charge is -2.10. The van der Waals surface area contributed by atoms with Gasteiger partial charge < -0.3 is 15.6 Å². The van der Waals surface area contributed by atoms with Gasteiger partial charge in [-0.1, -0.05) is 12.1 Å². The molecule has 26 heavy (non-hydrogen) atoms. The van der Waals surface area contributed by atoms with E-state index in [9.17, 15) is 19.1 Å². The van der Waals surface area contributed by atoms with E-state index in [1.165, 1.54) is 18.2 Å².